The molecule has 2 saturated carbocycles. The van der Waals surface area contributed by atoms with Gasteiger partial charge in [-0.05, 0) is 290 Å². The molecule has 5 N–H and O–H groups in total. The maximum absolute atomic E-state index is 12.7. The van der Waals surface area contributed by atoms with E-state index >= 15 is 0 Å². The Balaban J connectivity index is -0.000000366. The Bertz CT molecular complexity index is 3350. The maximum atomic E-state index is 12.7. The quantitative estimate of drug-likeness (QED) is 0.0198. The summed E-state index contributed by atoms with van der Waals surface area (Å²) in [6.07, 6.45) is 45.2. The predicted molar refractivity (Wildman–Crippen MR) is 635 cm³/mol. The van der Waals surface area contributed by atoms with Gasteiger partial charge in [0.1, 0.15) is 0 Å². The first-order chi connectivity index (χ1) is 69.4. The zero-order valence-corrected chi connectivity index (χ0v) is 103. The van der Waals surface area contributed by atoms with E-state index in [1.165, 1.54) is 279 Å². The Kier molecular flexibility index (Phi) is 108. The van der Waals surface area contributed by atoms with Crippen LogP contribution < -0.4 is 21.7 Å². The van der Waals surface area contributed by atoms with Crippen LogP contribution in [0.1, 0.15) is 431 Å². The SMILES string of the molecule is C.C=C(CC)CC1CCN(C)CC1.C=C(CC)N1CCC(F)(F)CC1.CC(C)CCCCN.CC(C)CCCN1CCCCC1.CCC#N.CCC(C)(C)C.CCC(F)(F)F.CCC1CC1.CCCCC1CCNCC1.CCCCN1CC2CCC1C2.CCCCN1CCCCC1=O.CCCCN1CCNCC1=O.CCCOC.CCc1ccc(C)cc1.CCc1ccc(CN2CCNCC2)cc1.CCc1ccccc1.[CH3-].[Y]. The van der Waals surface area contributed by atoms with Gasteiger partial charge in [0.2, 0.25) is 11.8 Å². The number of piperidine rings is 6. The van der Waals surface area contributed by atoms with Crippen LogP contribution in [-0.4, -0.2) is 229 Å². The third kappa shape index (κ3) is 95.2. The number of rotatable bonds is 33. The zero-order valence-electron chi connectivity index (χ0n) is 100. The monoisotopic (exact) mass is 2170 g/mol. The standard InChI is InChI=1S/C13H20N2.C11H23N.C11H21N.C10H19N.C9H15F2N.C9H17NO.C9H19N.C9H12.C8H16N2O.C8H10.C7H17N.C6H14.C5H10.C4H10O.C3H5F3.C3H5N.CH4.CH3.Y/c1-2-12-3-5-13(6-4-12)11-15-9-7-14-8-10-15;1-11(2)7-6-10-12-8-4-3-5-9-12;1-4-10(2)9-11-5-7-12(3)8-6-11;1-2-3-6-11-8-9-4-5-10(11)7-9;1-3-8(2)12-6-4-9(10,11)5-7-12;1-2-3-7-10-8-5-4-6-9(10)11;1-2-3-4-9-5-7-10-8-6-9;1-3-9-6-4-8(2)5-7-9;1-2-3-5-10-6-4-9-7-8(10)11;1-2-8-6-4-3-5-7-8;1-7(2)5-3-4-6-8;1-5-6(2,3)4;1-2-5-3-4-5;1-3-4-5-2;1-2-3(4,5)6;1-2-3-4;;;/h3-6,14H,2,7-11H2,1H3;11H,3-10H2,1-2H3;11H,2,4-9H2,1,3H3;9-10H,2-8H2,1H3;2-7H2,1H3;2-8H2,1H3;9-10H,2-8H2,1H3;4-7H,3H2,1-2H3;9H,2-7H2,1H3;3-7H,2H2,1H3;7H,3-6,8H2,1-2H3;5H2,1-4H3;5H,2-4H2,1H3;3-4H2,1-2H3;2H2,1H3;2H2,1H3;1H4;1H3;/q;;;;;;;;;;;;;;;;;-1;. The van der Waals surface area contributed by atoms with E-state index in [2.05, 4.69) is 260 Å². The fourth-order valence-corrected chi connectivity index (χ4v) is 17.1. The number of piperazine rings is 2. The van der Waals surface area contributed by atoms with Crippen LogP contribution in [0.3, 0.4) is 0 Å². The molecule has 8 aliphatic heterocycles. The van der Waals surface area contributed by atoms with Gasteiger partial charge < -0.3 is 63.2 Å². The van der Waals surface area contributed by atoms with E-state index in [0.717, 1.165) is 190 Å². The van der Waals surface area contributed by atoms with Gasteiger partial charge in [0.05, 0.1) is 12.6 Å². The number of alkyl halides is 5. The molecule has 8 saturated heterocycles. The van der Waals surface area contributed by atoms with Crippen molar-refractivity contribution in [1.29, 1.82) is 5.26 Å². The van der Waals surface area contributed by atoms with Gasteiger partial charge in [-0.3, -0.25) is 14.5 Å². The Morgan fingerprint density at radius 3 is 1.43 bits per heavy atom. The number of ether oxygens (including phenoxy) is 1. The second-order valence-electron chi connectivity index (χ2n) is 43.7. The van der Waals surface area contributed by atoms with E-state index in [0.29, 0.717) is 37.4 Å². The molecule has 3 aromatic rings. The van der Waals surface area contributed by atoms with Crippen molar-refractivity contribution in [2.24, 2.45) is 46.7 Å². The van der Waals surface area contributed by atoms with Crippen molar-refractivity contribution < 1.29 is 69.0 Å². The number of unbranched alkanes of at least 4 members (excludes halogenated alkanes) is 5. The number of amides is 2. The average molecular weight is 2170 g/mol. The first-order valence-corrected chi connectivity index (χ1v) is 59.2. The summed E-state index contributed by atoms with van der Waals surface area (Å²) in [6.45, 7) is 80.5. The molecule has 1 radical (unpaired) electrons. The van der Waals surface area contributed by atoms with Crippen LogP contribution in [-0.2, 0) is 72.8 Å². The van der Waals surface area contributed by atoms with Crippen molar-refractivity contribution in [2.75, 3.05) is 165 Å². The van der Waals surface area contributed by atoms with Crippen LogP contribution in [0.2, 0.25) is 0 Å². The molecule has 10 fully saturated rings. The van der Waals surface area contributed by atoms with Gasteiger partial charge in [0.25, 0.3) is 5.92 Å². The van der Waals surface area contributed by atoms with Crippen LogP contribution >= 0.6 is 0 Å². The predicted octanol–water partition coefficient (Wildman–Crippen LogP) is 32.2. The summed E-state index contributed by atoms with van der Waals surface area (Å²) in [4.78, 5) is 38.6. The summed E-state index contributed by atoms with van der Waals surface area (Å²) in [5, 5.41) is 17.4. The van der Waals surface area contributed by atoms with E-state index in [-0.39, 0.29) is 66.3 Å². The van der Waals surface area contributed by atoms with Crippen LogP contribution in [0.15, 0.2) is 103 Å². The van der Waals surface area contributed by atoms with E-state index in [4.69, 9.17) is 15.7 Å². The van der Waals surface area contributed by atoms with Crippen molar-refractivity contribution in [3.05, 3.63) is 139 Å². The number of aryl methyl sites for hydroxylation is 4. The minimum Gasteiger partial charge on any atom is -0.385 e. The minimum atomic E-state index is -3.96. The number of nitrogens with two attached hydrogens (primary N) is 1. The number of carbonyl (C=O) groups is 2. The van der Waals surface area contributed by atoms with Gasteiger partial charge in [0.15, 0.2) is 0 Å². The van der Waals surface area contributed by atoms with Gasteiger partial charge in [-0.15, -0.1) is 0 Å². The number of methoxy groups -OCH3 is 1. The first kappa shape index (κ1) is 154. The summed E-state index contributed by atoms with van der Waals surface area (Å²) in [7, 11) is 3.92. The number of halogens is 5. The fourth-order valence-electron chi connectivity index (χ4n) is 17.1. The molecule has 21 heteroatoms. The summed E-state index contributed by atoms with van der Waals surface area (Å²) < 4.78 is 62.4. The summed E-state index contributed by atoms with van der Waals surface area (Å²) >= 11 is 0. The van der Waals surface area contributed by atoms with Crippen molar-refractivity contribution in [1.82, 2.24) is 50.2 Å². The number of carbonyl (C=O) groups excluding carboxylic acids is 2. The second-order valence-corrected chi connectivity index (χ2v) is 43.7. The zero-order chi connectivity index (χ0) is 109. The van der Waals surface area contributed by atoms with Gasteiger partial charge in [0, 0.05) is 175 Å². The summed E-state index contributed by atoms with van der Waals surface area (Å²) in [5.41, 5.74) is 15.3. The Morgan fingerprint density at radius 1 is 0.534 bits per heavy atom. The summed E-state index contributed by atoms with van der Waals surface area (Å²) in [6, 6.07) is 31.1. The van der Waals surface area contributed by atoms with E-state index in [9.17, 15) is 31.5 Å². The number of nitriles is 1. The van der Waals surface area contributed by atoms with E-state index < -0.39 is 18.5 Å². The van der Waals surface area contributed by atoms with Crippen molar-refractivity contribution >= 4 is 11.8 Å². The Hall–Kier alpha value is -4.24. The molecule has 0 aromatic heterocycles. The van der Waals surface area contributed by atoms with Crippen LogP contribution in [0.4, 0.5) is 22.0 Å². The van der Waals surface area contributed by atoms with Gasteiger partial charge in [-0.1, -0.05) is 339 Å². The molecule has 15 nitrogen and oxygen atoms in total. The molecule has 8 heterocycles. The topological polar surface area (TPSA) is 152 Å². The summed E-state index contributed by atoms with van der Waals surface area (Å²) in [5.74, 6) is 4.09. The molecule has 2 atom stereocenters. The van der Waals surface area contributed by atoms with Gasteiger partial charge >= 0.3 is 6.18 Å². The number of hydrogen-bond donors (Lipinski definition) is 4. The minimum absolute atomic E-state index is 0. The number of nitrogens with zero attached hydrogens (tertiary/aromatic N) is 8. The number of fused-ring (bicyclic) bond motifs is 2. The molecule has 2 bridgehead atoms. The van der Waals surface area contributed by atoms with Crippen LogP contribution in [0.5, 0.6) is 0 Å². The second kappa shape index (κ2) is 103. The molecule has 2 unspecified atom stereocenters. The maximum Gasteiger partial charge on any atom is 0.388 e. The number of allylic oxidation sites excluding steroid dienone is 2. The first-order valence-electron chi connectivity index (χ1n) is 59.2. The van der Waals surface area contributed by atoms with Crippen molar-refractivity contribution in [3.63, 3.8) is 0 Å². The van der Waals surface area contributed by atoms with Crippen molar-refractivity contribution in [2.45, 2.75) is 454 Å². The van der Waals surface area contributed by atoms with Gasteiger partial charge in [-0.25, -0.2) is 8.78 Å². The molecular formula is C127H240F5N12O3Y-. The molecule has 2 amide bonds. The van der Waals surface area contributed by atoms with Crippen LogP contribution in [0, 0.1) is 66.6 Å². The van der Waals surface area contributed by atoms with E-state index in [1.807, 2.05) is 40.7 Å². The molecule has 3 aromatic carbocycles. The Morgan fingerprint density at radius 2 is 1.02 bits per heavy atom. The molecule has 10 aliphatic rings. The molecular weight excluding hydrogens is 1930 g/mol. The van der Waals surface area contributed by atoms with Gasteiger partial charge in [-0.2, -0.15) is 18.4 Å². The molecule has 13 rings (SSSR count). The third-order valence-corrected chi connectivity index (χ3v) is 28.3. The van der Waals surface area contributed by atoms with E-state index in [1.54, 1.807) is 7.11 Å². The van der Waals surface area contributed by atoms with Crippen LogP contribution in [0.25, 0.3) is 0 Å². The third-order valence-electron chi connectivity index (χ3n) is 28.3. The number of nitrogens with one attached hydrogen (secondary N) is 3. The number of hydrogen-bond acceptors (Lipinski definition) is 13. The molecule has 2 aliphatic carbocycles. The molecule has 865 valence electrons. The number of likely N-dealkylation sites (tertiary alicyclic amines) is 5. The normalized spacial score (nSPS) is 17.8. The molecule has 0 spiro atoms. The average Bonchev–Trinajstić information content (AvgIpc) is 1.66. The molecule has 148 heavy (non-hydrogen) atoms. The largest absolute Gasteiger partial charge is 0.388 e. The number of benzene rings is 3. The van der Waals surface area contributed by atoms with Crippen molar-refractivity contribution in [3.8, 4) is 6.07 Å². The smallest absolute Gasteiger partial charge is 0.385 e. The Labute approximate surface area is 939 Å². The fraction of sp³-hybridized carbons (Fsp3) is 0.795.